The van der Waals surface area contributed by atoms with E-state index in [9.17, 15) is 27.2 Å². The molecule has 11 nitrogen and oxygen atoms in total. The van der Waals surface area contributed by atoms with Crippen LogP contribution in [-0.4, -0.2) is 56.7 Å². The molecular weight excluding hydrogens is 603 g/mol. The van der Waals surface area contributed by atoms with Crippen molar-refractivity contribution in [2.75, 3.05) is 30.9 Å². The molecule has 1 fully saturated rings. The van der Waals surface area contributed by atoms with Gasteiger partial charge in [0.05, 0.1) is 29.9 Å². The van der Waals surface area contributed by atoms with Crippen molar-refractivity contribution in [2.24, 2.45) is 5.73 Å². The number of benzene rings is 3. The Morgan fingerprint density at radius 2 is 1.82 bits per heavy atom. The van der Waals surface area contributed by atoms with Gasteiger partial charge in [-0.2, -0.15) is 0 Å². The molecule has 4 N–H and O–H groups in total. The third-order valence-electron chi connectivity index (χ3n) is 7.56. The van der Waals surface area contributed by atoms with Crippen LogP contribution in [0.15, 0.2) is 65.6 Å². The van der Waals surface area contributed by atoms with E-state index in [2.05, 4.69) is 10.6 Å². The first-order valence-electron chi connectivity index (χ1n) is 14.5. The summed E-state index contributed by atoms with van der Waals surface area (Å²) in [6, 6.07) is 13.1. The minimum absolute atomic E-state index is 0.0367. The first-order valence-corrected chi connectivity index (χ1v) is 16.0. The molecule has 2 atom stereocenters. The number of halogens is 1. The molecule has 13 heteroatoms. The molecule has 3 aromatic carbocycles. The Morgan fingerprint density at radius 1 is 1.07 bits per heavy atom. The van der Waals surface area contributed by atoms with Gasteiger partial charge in [0.2, 0.25) is 11.8 Å². The minimum atomic E-state index is -3.79. The average molecular weight is 641 g/mol. The van der Waals surface area contributed by atoms with Crippen LogP contribution < -0.4 is 21.1 Å². The quantitative estimate of drug-likeness (QED) is 0.258. The van der Waals surface area contributed by atoms with Crippen LogP contribution in [0.4, 0.5) is 20.6 Å². The zero-order chi connectivity index (χ0) is 32.9. The maximum atomic E-state index is 14.6. The summed E-state index contributed by atoms with van der Waals surface area (Å²) in [4.78, 5) is 40.0. The van der Waals surface area contributed by atoms with Gasteiger partial charge in [-0.25, -0.2) is 17.6 Å². The standard InChI is InChI=1S/C32H37FN4O7S/c1-5-44-27-17-20(11-13-25(27)33)29(35-22-9-6-8-21(16-22)30(34)38)31(39)37-15-7-10-26(37)24-18-23(36-32(40)43-4)12-14-28(24)45(41,42)19(2)3/h6,8-9,11-14,16-19,26,29,35H,5,7,10,15H2,1-4H3,(H2,34,38)(H,36,40). The Balaban J connectivity index is 1.82. The first-order chi connectivity index (χ1) is 21.4. The van der Waals surface area contributed by atoms with E-state index in [-0.39, 0.29) is 22.8 Å². The van der Waals surface area contributed by atoms with Gasteiger partial charge in [0.25, 0.3) is 0 Å². The highest BCUT2D eigenvalue weighted by molar-refractivity contribution is 7.92. The third kappa shape index (κ3) is 7.36. The number of nitrogens with one attached hydrogen (secondary N) is 2. The lowest BCUT2D eigenvalue weighted by molar-refractivity contribution is -0.133. The van der Waals surface area contributed by atoms with Crippen molar-refractivity contribution in [3.63, 3.8) is 0 Å². The van der Waals surface area contributed by atoms with E-state index in [0.717, 1.165) is 0 Å². The van der Waals surface area contributed by atoms with Crippen LogP contribution in [0.5, 0.6) is 5.75 Å². The van der Waals surface area contributed by atoms with Gasteiger partial charge in [-0.1, -0.05) is 12.1 Å². The van der Waals surface area contributed by atoms with Gasteiger partial charge >= 0.3 is 6.09 Å². The minimum Gasteiger partial charge on any atom is -0.491 e. The fraction of sp³-hybridized carbons (Fsp3) is 0.344. The van der Waals surface area contributed by atoms with Gasteiger partial charge in [-0.15, -0.1) is 0 Å². The third-order valence-corrected chi connectivity index (χ3v) is 9.78. The van der Waals surface area contributed by atoms with Gasteiger partial charge in [0.1, 0.15) is 6.04 Å². The van der Waals surface area contributed by atoms with Gasteiger partial charge in [-0.3, -0.25) is 14.9 Å². The number of nitrogens with zero attached hydrogens (tertiary/aromatic N) is 1. The number of likely N-dealkylation sites (tertiary alicyclic amines) is 1. The molecule has 0 bridgehead atoms. The van der Waals surface area contributed by atoms with Crippen LogP contribution in [0, 0.1) is 5.82 Å². The molecule has 4 rings (SSSR count). The lowest BCUT2D eigenvalue weighted by Gasteiger charge is -2.32. The summed E-state index contributed by atoms with van der Waals surface area (Å²) in [5.41, 5.74) is 7.15. The Morgan fingerprint density at radius 3 is 2.49 bits per heavy atom. The van der Waals surface area contributed by atoms with Crippen LogP contribution in [0.3, 0.4) is 0 Å². The highest BCUT2D eigenvalue weighted by atomic mass is 32.2. The van der Waals surface area contributed by atoms with E-state index in [1.165, 1.54) is 49.6 Å². The summed E-state index contributed by atoms with van der Waals surface area (Å²) in [6.45, 7) is 5.36. The smallest absolute Gasteiger partial charge is 0.411 e. The highest BCUT2D eigenvalue weighted by Gasteiger charge is 2.38. The lowest BCUT2D eigenvalue weighted by Crippen LogP contribution is -2.38. The normalized spacial score (nSPS) is 15.4. The predicted octanol–water partition coefficient (Wildman–Crippen LogP) is 5.20. The van der Waals surface area contributed by atoms with E-state index in [4.69, 9.17) is 15.2 Å². The number of sulfone groups is 1. The van der Waals surface area contributed by atoms with E-state index in [1.807, 2.05) is 0 Å². The molecule has 0 aromatic heterocycles. The van der Waals surface area contributed by atoms with Gasteiger partial charge < -0.3 is 25.4 Å². The molecule has 3 amide bonds. The molecule has 45 heavy (non-hydrogen) atoms. The van der Waals surface area contributed by atoms with E-state index >= 15 is 0 Å². The summed E-state index contributed by atoms with van der Waals surface area (Å²) in [6.07, 6.45) is 0.290. The van der Waals surface area contributed by atoms with Gasteiger partial charge in [0.15, 0.2) is 21.4 Å². The molecule has 0 saturated carbocycles. The molecule has 1 aliphatic heterocycles. The maximum Gasteiger partial charge on any atom is 0.411 e. The molecule has 1 saturated heterocycles. The second-order valence-corrected chi connectivity index (χ2v) is 13.3. The summed E-state index contributed by atoms with van der Waals surface area (Å²) >= 11 is 0. The first kappa shape index (κ1) is 33.2. The highest BCUT2D eigenvalue weighted by Crippen LogP contribution is 2.40. The van der Waals surface area contributed by atoms with Crippen molar-refractivity contribution in [2.45, 2.75) is 55.8 Å². The predicted molar refractivity (Wildman–Crippen MR) is 167 cm³/mol. The number of carbonyl (C=O) groups is 3. The largest absolute Gasteiger partial charge is 0.491 e. The molecule has 1 aliphatic rings. The second kappa shape index (κ2) is 14.0. The summed E-state index contributed by atoms with van der Waals surface area (Å²) in [5, 5.41) is 4.99. The number of anilines is 2. The van der Waals surface area contributed by atoms with Crippen LogP contribution in [-0.2, 0) is 19.4 Å². The zero-order valence-electron chi connectivity index (χ0n) is 25.5. The molecule has 0 aliphatic carbocycles. The molecule has 3 aromatic rings. The second-order valence-electron chi connectivity index (χ2n) is 10.8. The number of hydrogen-bond donors (Lipinski definition) is 3. The van der Waals surface area contributed by atoms with E-state index in [0.29, 0.717) is 41.9 Å². The van der Waals surface area contributed by atoms with Crippen molar-refractivity contribution in [3.8, 4) is 5.75 Å². The van der Waals surface area contributed by atoms with Crippen molar-refractivity contribution in [3.05, 3.63) is 83.2 Å². The van der Waals surface area contributed by atoms with Crippen molar-refractivity contribution < 1.29 is 36.7 Å². The number of methoxy groups -OCH3 is 1. The van der Waals surface area contributed by atoms with Crippen LogP contribution in [0.2, 0.25) is 0 Å². The average Bonchev–Trinajstić information content (AvgIpc) is 3.51. The zero-order valence-corrected chi connectivity index (χ0v) is 26.3. The van der Waals surface area contributed by atoms with Gasteiger partial charge in [0, 0.05) is 23.5 Å². The number of primary amides is 1. The Labute approximate surface area is 261 Å². The number of amides is 3. The Kier molecular flexibility index (Phi) is 10.3. The maximum absolute atomic E-state index is 14.6. The molecule has 0 radical (unpaired) electrons. The molecule has 2 unspecified atom stereocenters. The lowest BCUT2D eigenvalue weighted by atomic mass is 10.0. The van der Waals surface area contributed by atoms with Crippen molar-refractivity contribution in [1.29, 1.82) is 0 Å². The van der Waals surface area contributed by atoms with E-state index in [1.54, 1.807) is 43.9 Å². The topological polar surface area (TPSA) is 157 Å². The van der Waals surface area contributed by atoms with Crippen LogP contribution in [0.25, 0.3) is 0 Å². The van der Waals surface area contributed by atoms with E-state index < -0.39 is 50.9 Å². The fourth-order valence-corrected chi connectivity index (χ4v) is 6.56. The van der Waals surface area contributed by atoms with Crippen molar-refractivity contribution in [1.82, 2.24) is 4.90 Å². The molecular formula is C32H37FN4O7S. The number of rotatable bonds is 11. The fourth-order valence-electron chi connectivity index (χ4n) is 5.27. The summed E-state index contributed by atoms with van der Waals surface area (Å²) in [5.74, 6) is -1.71. The summed E-state index contributed by atoms with van der Waals surface area (Å²) in [7, 11) is -2.58. The monoisotopic (exact) mass is 640 g/mol. The number of ether oxygens (including phenoxy) is 2. The Bertz CT molecular complexity index is 1700. The van der Waals surface area contributed by atoms with Crippen molar-refractivity contribution >= 4 is 39.1 Å². The number of carbonyl (C=O) groups excluding carboxylic acids is 3. The van der Waals surface area contributed by atoms with Gasteiger partial charge in [-0.05, 0) is 93.3 Å². The number of nitrogens with two attached hydrogens (primary N) is 1. The molecule has 1 heterocycles. The molecule has 0 spiro atoms. The summed E-state index contributed by atoms with van der Waals surface area (Å²) < 4.78 is 51.7. The Hall–Kier alpha value is -4.65. The number of hydrogen-bond acceptors (Lipinski definition) is 8. The molecule has 240 valence electrons. The SMILES string of the molecule is CCOc1cc(C(Nc2cccc(C(N)=O)c2)C(=O)N2CCCC2c2cc(NC(=O)OC)ccc2S(=O)(=O)C(C)C)ccc1F. The van der Waals surface area contributed by atoms with Crippen LogP contribution >= 0.6 is 0 Å². The van der Waals surface area contributed by atoms with Crippen LogP contribution in [0.1, 0.15) is 67.2 Å².